The summed E-state index contributed by atoms with van der Waals surface area (Å²) in [7, 11) is 0. The monoisotopic (exact) mass is 433 g/mol. The summed E-state index contributed by atoms with van der Waals surface area (Å²) in [5, 5.41) is 5.20. The van der Waals surface area contributed by atoms with Gasteiger partial charge in [-0.25, -0.2) is 4.79 Å². The summed E-state index contributed by atoms with van der Waals surface area (Å²) in [4.78, 5) is 38.6. The van der Waals surface area contributed by atoms with Gasteiger partial charge in [0.2, 0.25) is 5.91 Å². The van der Waals surface area contributed by atoms with Crippen LogP contribution in [-0.2, 0) is 22.4 Å². The topological polar surface area (TPSA) is 87.7 Å². The number of rotatable bonds is 4. The van der Waals surface area contributed by atoms with Crippen LogP contribution < -0.4 is 15.4 Å². The highest BCUT2D eigenvalue weighted by atomic mass is 19.4. The van der Waals surface area contributed by atoms with Gasteiger partial charge < -0.3 is 15.4 Å². The molecular formula is C21H18F3N3O4. The van der Waals surface area contributed by atoms with Gasteiger partial charge in [-0.15, -0.1) is 13.2 Å². The number of alkyl halides is 3. The Labute approximate surface area is 175 Å². The molecule has 4 rings (SSSR count). The van der Waals surface area contributed by atoms with Crippen molar-refractivity contribution in [1.82, 2.24) is 10.2 Å². The molecule has 0 radical (unpaired) electrons. The van der Waals surface area contributed by atoms with Gasteiger partial charge in [-0.3, -0.25) is 14.5 Å². The Hall–Kier alpha value is -3.56. The number of ether oxygens (including phenoxy) is 1. The van der Waals surface area contributed by atoms with Gasteiger partial charge in [0.05, 0.1) is 0 Å². The van der Waals surface area contributed by atoms with Crippen LogP contribution in [-0.4, -0.2) is 41.2 Å². The number of nitrogens with zero attached hydrogens (tertiary/aromatic N) is 1. The third-order valence-electron chi connectivity index (χ3n) is 5.35. The van der Waals surface area contributed by atoms with E-state index >= 15 is 0 Å². The molecule has 31 heavy (non-hydrogen) atoms. The number of nitrogens with one attached hydrogen (secondary N) is 2. The molecular weight excluding hydrogens is 415 g/mol. The van der Waals surface area contributed by atoms with Crippen LogP contribution in [0.15, 0.2) is 48.5 Å². The van der Waals surface area contributed by atoms with Crippen LogP contribution in [0.4, 0.5) is 23.7 Å². The number of fused-ring (bicyclic) bond motifs is 1. The quantitative estimate of drug-likeness (QED) is 0.726. The average Bonchev–Trinajstić information content (AvgIpc) is 2.92. The Balaban J connectivity index is 1.40. The van der Waals surface area contributed by atoms with Crippen molar-refractivity contribution >= 4 is 23.5 Å². The summed E-state index contributed by atoms with van der Waals surface area (Å²) >= 11 is 0. The molecule has 10 heteroatoms. The van der Waals surface area contributed by atoms with Gasteiger partial charge in [-0.2, -0.15) is 0 Å². The number of anilines is 1. The number of amides is 4. The number of hydrogen-bond acceptors (Lipinski definition) is 4. The SMILES string of the molecule is O=C(CN1C(=O)NC2(CCc3ccccc3C2)C1=O)Nc1ccc(OC(F)(F)F)cc1. The zero-order valence-corrected chi connectivity index (χ0v) is 16.2. The van der Waals surface area contributed by atoms with Crippen molar-refractivity contribution in [1.29, 1.82) is 0 Å². The maximum Gasteiger partial charge on any atom is 0.573 e. The summed E-state index contributed by atoms with van der Waals surface area (Å²) in [6, 6.07) is 11.6. The van der Waals surface area contributed by atoms with E-state index in [1.54, 1.807) is 0 Å². The van der Waals surface area contributed by atoms with Crippen molar-refractivity contribution in [3.05, 3.63) is 59.7 Å². The van der Waals surface area contributed by atoms with E-state index in [1.807, 2.05) is 24.3 Å². The second-order valence-corrected chi connectivity index (χ2v) is 7.47. The largest absolute Gasteiger partial charge is 0.573 e. The van der Waals surface area contributed by atoms with Gasteiger partial charge >= 0.3 is 12.4 Å². The summed E-state index contributed by atoms with van der Waals surface area (Å²) in [5.41, 5.74) is 1.24. The lowest BCUT2D eigenvalue weighted by Gasteiger charge is -2.32. The first-order valence-electron chi connectivity index (χ1n) is 9.52. The minimum atomic E-state index is -4.82. The lowest BCUT2D eigenvalue weighted by atomic mass is 9.78. The number of benzene rings is 2. The molecule has 1 saturated heterocycles. The molecule has 4 amide bonds. The molecule has 2 aliphatic rings. The normalized spacial score (nSPS) is 20.4. The predicted octanol–water partition coefficient (Wildman–Crippen LogP) is 3.00. The second-order valence-electron chi connectivity index (χ2n) is 7.47. The Bertz CT molecular complexity index is 1040. The van der Waals surface area contributed by atoms with Gasteiger partial charge in [-0.1, -0.05) is 24.3 Å². The molecule has 0 bridgehead atoms. The molecule has 2 aromatic rings. The molecule has 162 valence electrons. The summed E-state index contributed by atoms with van der Waals surface area (Å²) < 4.78 is 40.4. The van der Waals surface area contributed by atoms with E-state index in [0.717, 1.165) is 28.2 Å². The van der Waals surface area contributed by atoms with E-state index in [2.05, 4.69) is 15.4 Å². The van der Waals surface area contributed by atoms with Crippen LogP contribution in [0, 0.1) is 0 Å². The van der Waals surface area contributed by atoms with Crippen molar-refractivity contribution in [2.45, 2.75) is 31.2 Å². The van der Waals surface area contributed by atoms with Gasteiger partial charge in [0.15, 0.2) is 0 Å². The Morgan fingerprint density at radius 2 is 1.77 bits per heavy atom. The minimum absolute atomic E-state index is 0.202. The highest BCUT2D eigenvalue weighted by Gasteiger charge is 2.52. The average molecular weight is 433 g/mol. The lowest BCUT2D eigenvalue weighted by molar-refractivity contribution is -0.274. The van der Waals surface area contributed by atoms with Crippen molar-refractivity contribution in [3.63, 3.8) is 0 Å². The molecule has 0 aromatic heterocycles. The molecule has 1 fully saturated rings. The standard InChI is InChI=1S/C21H18F3N3O4/c22-21(23,24)31-16-7-5-15(6-8-16)25-17(28)12-27-18(29)20(26-19(27)30)10-9-13-3-1-2-4-14(13)11-20/h1-8H,9-12H2,(H,25,28)(H,26,30). The molecule has 1 aliphatic heterocycles. The molecule has 2 aromatic carbocycles. The maximum atomic E-state index is 13.0. The van der Waals surface area contributed by atoms with Crippen molar-refractivity contribution in [2.75, 3.05) is 11.9 Å². The van der Waals surface area contributed by atoms with Gasteiger partial charge in [0.25, 0.3) is 5.91 Å². The second kappa shape index (κ2) is 7.60. The molecule has 2 N–H and O–H groups in total. The van der Waals surface area contributed by atoms with Crippen LogP contribution in [0.5, 0.6) is 5.75 Å². The fourth-order valence-electron chi connectivity index (χ4n) is 3.93. The molecule has 1 heterocycles. The van der Waals surface area contributed by atoms with Crippen LogP contribution >= 0.6 is 0 Å². The number of imide groups is 1. The van der Waals surface area contributed by atoms with Crippen LogP contribution in [0.25, 0.3) is 0 Å². The van der Waals surface area contributed by atoms with E-state index in [1.165, 1.54) is 12.1 Å². The smallest absolute Gasteiger partial charge is 0.406 e. The summed E-state index contributed by atoms with van der Waals surface area (Å²) in [5.74, 6) is -1.54. The Morgan fingerprint density at radius 1 is 1.10 bits per heavy atom. The van der Waals surface area contributed by atoms with E-state index in [-0.39, 0.29) is 5.69 Å². The highest BCUT2D eigenvalue weighted by molar-refractivity contribution is 6.10. The lowest BCUT2D eigenvalue weighted by Crippen LogP contribution is -2.51. The summed E-state index contributed by atoms with van der Waals surface area (Å²) in [6.45, 7) is -0.505. The van der Waals surface area contributed by atoms with Gasteiger partial charge in [0, 0.05) is 12.1 Å². The number of aryl methyl sites for hydroxylation is 1. The zero-order valence-electron chi connectivity index (χ0n) is 16.2. The third kappa shape index (κ3) is 4.32. The molecule has 1 atom stereocenters. The first-order valence-corrected chi connectivity index (χ1v) is 9.52. The number of carbonyl (C=O) groups excluding carboxylic acids is 3. The predicted molar refractivity (Wildman–Crippen MR) is 103 cm³/mol. The zero-order chi connectivity index (χ0) is 22.2. The highest BCUT2D eigenvalue weighted by Crippen LogP contribution is 2.33. The number of urea groups is 1. The van der Waals surface area contributed by atoms with E-state index in [0.29, 0.717) is 19.3 Å². The van der Waals surface area contributed by atoms with Crippen molar-refractivity contribution < 1.29 is 32.3 Å². The first kappa shape index (κ1) is 20.7. The summed E-state index contributed by atoms with van der Waals surface area (Å²) in [6.07, 6.45) is -3.39. The first-order chi connectivity index (χ1) is 14.7. The molecule has 0 saturated carbocycles. The van der Waals surface area contributed by atoms with Crippen molar-refractivity contribution in [2.24, 2.45) is 0 Å². The fraction of sp³-hybridized carbons (Fsp3) is 0.286. The van der Waals surface area contributed by atoms with Crippen LogP contribution in [0.2, 0.25) is 0 Å². The van der Waals surface area contributed by atoms with Crippen molar-refractivity contribution in [3.8, 4) is 5.75 Å². The number of carbonyl (C=O) groups is 3. The van der Waals surface area contributed by atoms with Gasteiger partial charge in [0.1, 0.15) is 17.8 Å². The van der Waals surface area contributed by atoms with Crippen LogP contribution in [0.3, 0.4) is 0 Å². The maximum absolute atomic E-state index is 13.0. The van der Waals surface area contributed by atoms with Gasteiger partial charge in [-0.05, 0) is 48.2 Å². The van der Waals surface area contributed by atoms with Crippen LogP contribution in [0.1, 0.15) is 17.5 Å². The number of hydrogen-bond donors (Lipinski definition) is 2. The van der Waals surface area contributed by atoms with E-state index in [9.17, 15) is 27.6 Å². The molecule has 1 aliphatic carbocycles. The van der Waals surface area contributed by atoms with E-state index < -0.39 is 42.0 Å². The fourth-order valence-corrected chi connectivity index (χ4v) is 3.93. The number of halogens is 3. The Morgan fingerprint density at radius 3 is 2.45 bits per heavy atom. The third-order valence-corrected chi connectivity index (χ3v) is 5.35. The molecule has 1 spiro atoms. The molecule has 1 unspecified atom stereocenters. The van der Waals surface area contributed by atoms with E-state index in [4.69, 9.17) is 0 Å². The Kier molecular flexibility index (Phi) is 5.08. The molecule has 7 nitrogen and oxygen atoms in total. The minimum Gasteiger partial charge on any atom is -0.406 e.